The summed E-state index contributed by atoms with van der Waals surface area (Å²) in [6.45, 7) is 6.99. The number of carbonyl (C=O) groups excluding carboxylic acids is 1. The van der Waals surface area contributed by atoms with Crippen molar-refractivity contribution >= 4 is 17.4 Å². The van der Waals surface area contributed by atoms with E-state index in [2.05, 4.69) is 78.2 Å². The number of rotatable bonds is 7. The molecule has 0 radical (unpaired) electrons. The Morgan fingerprint density at radius 3 is 2.42 bits per heavy atom. The van der Waals surface area contributed by atoms with Crippen molar-refractivity contribution in [3.05, 3.63) is 53.1 Å². The molecule has 0 aliphatic heterocycles. The second-order valence-electron chi connectivity index (χ2n) is 11.2. The van der Waals surface area contributed by atoms with Crippen molar-refractivity contribution in [3.63, 3.8) is 0 Å². The Kier molecular flexibility index (Phi) is 5.82. The van der Waals surface area contributed by atoms with Gasteiger partial charge < -0.3 is 0 Å². The van der Waals surface area contributed by atoms with Crippen molar-refractivity contribution in [1.29, 1.82) is 0 Å². The fraction of sp³-hybridized carbons (Fsp3) is 0.500. The van der Waals surface area contributed by atoms with E-state index in [0.29, 0.717) is 0 Å². The Hall–Kier alpha value is -0.730. The molecule has 1 amide bonds. The zero-order valence-electron chi connectivity index (χ0n) is 17.8. The average molecular weight is 451 g/mol. The fourth-order valence-electron chi connectivity index (χ4n) is 2.97. The number of amides is 1. The summed E-state index contributed by atoms with van der Waals surface area (Å²) in [5.41, 5.74) is 4.57. The summed E-state index contributed by atoms with van der Waals surface area (Å²) in [7, 11) is 0. The number of allylic oxidation sites excluding steroid dienone is 4. The van der Waals surface area contributed by atoms with Crippen LogP contribution in [-0.4, -0.2) is 11.8 Å². The zero-order chi connectivity index (χ0) is 19.7. The van der Waals surface area contributed by atoms with Crippen LogP contribution in [0.5, 0.6) is 0 Å². The Balaban J connectivity index is 2.43. The van der Waals surface area contributed by atoms with E-state index in [4.69, 9.17) is 0 Å². The van der Waals surface area contributed by atoms with E-state index in [9.17, 15) is 4.79 Å². The van der Waals surface area contributed by atoms with Crippen molar-refractivity contribution in [2.75, 3.05) is 0 Å². The third kappa shape index (κ3) is 4.95. The molecule has 0 heterocycles. The number of nitrogens with one attached hydrogen (secondary N) is 1. The number of hydrogen-bond donors (Lipinski definition) is 1. The van der Waals surface area contributed by atoms with E-state index >= 15 is 0 Å². The van der Waals surface area contributed by atoms with Gasteiger partial charge in [-0.05, 0) is 0 Å². The van der Waals surface area contributed by atoms with Crippen LogP contribution in [0.15, 0.2) is 36.4 Å². The van der Waals surface area contributed by atoms with Crippen LogP contribution in [0.3, 0.4) is 0 Å². The molecule has 0 fully saturated rings. The van der Waals surface area contributed by atoms with Crippen LogP contribution in [0.4, 0.5) is 0 Å². The van der Waals surface area contributed by atoms with E-state index in [0.717, 1.165) is 24.0 Å². The van der Waals surface area contributed by atoms with E-state index < -0.39 is 22.7 Å². The van der Waals surface area contributed by atoms with Crippen LogP contribution >= 0.6 is 0 Å². The molecule has 0 bridgehead atoms. The molecule has 0 aromatic heterocycles. The van der Waals surface area contributed by atoms with Crippen molar-refractivity contribution in [1.82, 2.24) is 3.26 Å². The van der Waals surface area contributed by atoms with Crippen LogP contribution in [0.25, 0.3) is 5.57 Å². The molecule has 144 valence electrons. The standard InChI is InChI=1S/C16H19NO.C2H7Si.4CH3.Zr/c1-2-3-6-12-9-10-14(16(17)18)15(11-12)13-7-4-5-8-13;1-3-2;;;;;/h4-5,7,9-11H,2-3,6,8H2,1H3,(H2,17,18);3H,1-2H3;4*1H3;/q;;;;;;+1/p-1. The monoisotopic (exact) mass is 449 g/mol. The van der Waals surface area contributed by atoms with Crippen LogP contribution in [0.2, 0.25) is 31.6 Å². The fourth-order valence-corrected chi connectivity index (χ4v) is 9.05. The summed E-state index contributed by atoms with van der Waals surface area (Å²) in [5, 5.41) is 0. The third-order valence-corrected chi connectivity index (χ3v) is 54.3. The van der Waals surface area contributed by atoms with E-state index in [-0.39, 0.29) is 5.91 Å². The van der Waals surface area contributed by atoms with Gasteiger partial charge in [0.1, 0.15) is 0 Å². The van der Waals surface area contributed by atoms with Gasteiger partial charge in [-0.2, -0.15) is 0 Å². The number of carbonyl (C=O) groups is 1. The van der Waals surface area contributed by atoms with Crippen LogP contribution in [0.1, 0.15) is 47.7 Å². The number of benzene rings is 1. The first kappa shape index (κ1) is 21.6. The average Bonchev–Trinajstić information content (AvgIpc) is 3.05. The molecule has 1 aromatic rings. The SMILES string of the molecule is CCCCc1ccc(C(=O)[NH][Zr]([CH3])([CH3])([CH3])([CH3])[SiH](C)C)c(C2=CC=CC2)c1. The summed E-state index contributed by atoms with van der Waals surface area (Å²) < 4.78 is 13.2. The Morgan fingerprint density at radius 1 is 1.19 bits per heavy atom. The van der Waals surface area contributed by atoms with Gasteiger partial charge in [0.25, 0.3) is 0 Å². The van der Waals surface area contributed by atoms with Crippen LogP contribution < -0.4 is 3.26 Å². The first-order valence-corrected chi connectivity index (χ1v) is 28.4. The summed E-state index contributed by atoms with van der Waals surface area (Å²) >= 11 is -3.65. The molecule has 1 aliphatic carbocycles. The number of unbranched alkanes of at least 4 members (excludes halogenated alkanes) is 1. The van der Waals surface area contributed by atoms with Crippen molar-refractivity contribution in [2.45, 2.75) is 64.2 Å². The molecule has 26 heavy (non-hydrogen) atoms. The zero-order valence-corrected chi connectivity index (χ0v) is 21.4. The quantitative estimate of drug-likeness (QED) is 0.477. The van der Waals surface area contributed by atoms with Gasteiger partial charge in [-0.15, -0.1) is 0 Å². The topological polar surface area (TPSA) is 29.1 Å². The van der Waals surface area contributed by atoms with Crippen LogP contribution in [-0.2, 0) is 23.2 Å². The number of aryl methyl sites for hydroxylation is 1. The third-order valence-electron chi connectivity index (χ3n) is 6.55. The van der Waals surface area contributed by atoms with Crippen LogP contribution in [0, 0.1) is 0 Å². The molecule has 0 atom stereocenters. The van der Waals surface area contributed by atoms with E-state index in [1.807, 2.05) is 0 Å². The molecule has 4 heteroatoms. The molecule has 0 saturated carbocycles. The van der Waals surface area contributed by atoms with E-state index in [1.165, 1.54) is 24.0 Å². The first-order valence-electron chi connectivity index (χ1n) is 10.2. The Labute approximate surface area is 159 Å². The first-order chi connectivity index (χ1) is 11.9. The summed E-state index contributed by atoms with van der Waals surface area (Å²) in [4.78, 5) is 13.4. The Morgan fingerprint density at radius 2 is 1.88 bits per heavy atom. The van der Waals surface area contributed by atoms with Gasteiger partial charge in [-0.3, -0.25) is 0 Å². The molecular weight excluding hydrogens is 414 g/mol. The summed E-state index contributed by atoms with van der Waals surface area (Å²) in [5.74, 6) is -0.886. The number of hydrogen-bond acceptors (Lipinski definition) is 1. The maximum absolute atomic E-state index is 13.4. The maximum atomic E-state index is 13.4. The van der Waals surface area contributed by atoms with Gasteiger partial charge in [0.05, 0.1) is 0 Å². The molecular formula is C22H37NOSiZr. The van der Waals surface area contributed by atoms with Gasteiger partial charge in [0, 0.05) is 0 Å². The molecule has 1 N–H and O–H groups in total. The minimum atomic E-state index is -3.65. The second-order valence-corrected chi connectivity index (χ2v) is 64.1. The summed E-state index contributed by atoms with van der Waals surface area (Å²) in [6.07, 6.45) is 10.8. The van der Waals surface area contributed by atoms with Gasteiger partial charge in [-0.25, -0.2) is 0 Å². The molecule has 2 rings (SSSR count). The predicted octanol–water partition coefficient (Wildman–Crippen LogP) is 6.42. The minimum absolute atomic E-state index is 0.128. The van der Waals surface area contributed by atoms with Gasteiger partial charge in [0.15, 0.2) is 0 Å². The van der Waals surface area contributed by atoms with Gasteiger partial charge >= 0.3 is 160 Å². The molecule has 1 aliphatic rings. The van der Waals surface area contributed by atoms with Crippen molar-refractivity contribution in [3.8, 4) is 0 Å². The summed E-state index contributed by atoms with van der Waals surface area (Å²) in [6, 6.07) is 6.46. The molecule has 0 saturated heterocycles. The van der Waals surface area contributed by atoms with Gasteiger partial charge in [0.2, 0.25) is 0 Å². The van der Waals surface area contributed by atoms with Crippen molar-refractivity contribution in [2.24, 2.45) is 0 Å². The molecule has 0 unspecified atom stereocenters. The molecule has 1 aromatic carbocycles. The molecule has 2 nitrogen and oxygen atoms in total. The Bertz CT molecular complexity index is 768. The molecule has 0 spiro atoms. The normalized spacial score (nSPS) is 17.0. The van der Waals surface area contributed by atoms with Gasteiger partial charge in [-0.1, -0.05) is 0 Å². The predicted molar refractivity (Wildman–Crippen MR) is 117 cm³/mol. The van der Waals surface area contributed by atoms with E-state index in [1.54, 1.807) is 0 Å². The second kappa shape index (κ2) is 7.02. The van der Waals surface area contributed by atoms with Crippen molar-refractivity contribution < 1.29 is 21.5 Å².